The van der Waals surface area contributed by atoms with Crippen LogP contribution in [0.25, 0.3) is 0 Å². The molecule has 0 saturated carbocycles. The highest BCUT2D eigenvalue weighted by Crippen LogP contribution is 2.18. The maximum absolute atomic E-state index is 11.2. The van der Waals surface area contributed by atoms with Gasteiger partial charge in [0.15, 0.2) is 0 Å². The summed E-state index contributed by atoms with van der Waals surface area (Å²) >= 11 is 0. The molecular formula is C18H24O2. The fourth-order valence-electron chi connectivity index (χ4n) is 2.12. The van der Waals surface area contributed by atoms with Crippen LogP contribution in [-0.4, -0.2) is 12.1 Å². The average Bonchev–Trinajstić information content (AvgIpc) is 2.44. The molecule has 0 aromatic heterocycles. The summed E-state index contributed by atoms with van der Waals surface area (Å²) in [5, 5.41) is 0. The third-order valence-electron chi connectivity index (χ3n) is 3.21. The van der Waals surface area contributed by atoms with Crippen molar-refractivity contribution in [1.29, 1.82) is 0 Å². The van der Waals surface area contributed by atoms with Gasteiger partial charge in [-0.2, -0.15) is 0 Å². The first-order valence-electron chi connectivity index (χ1n) is 7.13. The van der Waals surface area contributed by atoms with Crippen LogP contribution in [0, 0.1) is 0 Å². The highest BCUT2D eigenvalue weighted by atomic mass is 16.5. The molecule has 1 rings (SSSR count). The number of ether oxygens (including phenoxy) is 1. The number of aryl methyl sites for hydroxylation is 1. The maximum atomic E-state index is 11.2. The second-order valence-corrected chi connectivity index (χ2v) is 4.96. The smallest absolute Gasteiger partial charge is 0.303 e. The molecule has 1 atom stereocenters. The zero-order valence-electron chi connectivity index (χ0n) is 12.3. The molecule has 0 aliphatic rings. The van der Waals surface area contributed by atoms with E-state index in [1.807, 2.05) is 24.3 Å². The summed E-state index contributed by atoms with van der Waals surface area (Å²) in [7, 11) is 0. The van der Waals surface area contributed by atoms with Crippen molar-refractivity contribution in [2.24, 2.45) is 0 Å². The molecule has 0 aliphatic carbocycles. The van der Waals surface area contributed by atoms with Crippen LogP contribution in [0.15, 0.2) is 55.1 Å². The Hall–Kier alpha value is -1.83. The second kappa shape index (κ2) is 9.13. The van der Waals surface area contributed by atoms with Crippen LogP contribution in [0.2, 0.25) is 0 Å². The number of carbonyl (C=O) groups excluding carboxylic acids is 1. The van der Waals surface area contributed by atoms with Crippen LogP contribution >= 0.6 is 0 Å². The van der Waals surface area contributed by atoms with E-state index in [2.05, 4.69) is 25.3 Å². The van der Waals surface area contributed by atoms with Crippen molar-refractivity contribution in [3.63, 3.8) is 0 Å². The molecule has 0 spiro atoms. The van der Waals surface area contributed by atoms with Gasteiger partial charge in [-0.15, -0.1) is 6.58 Å². The SMILES string of the molecule is C=CCCCC(=C)C(CCc1ccccc1)OC(C)=O. The summed E-state index contributed by atoms with van der Waals surface area (Å²) in [6.07, 6.45) is 6.24. The molecule has 0 N–H and O–H groups in total. The van der Waals surface area contributed by atoms with Crippen LogP contribution < -0.4 is 0 Å². The third-order valence-corrected chi connectivity index (χ3v) is 3.21. The standard InChI is InChI=1S/C18H24O2/c1-4-5-7-10-15(2)18(20-16(3)19)14-13-17-11-8-6-9-12-17/h4,6,8-9,11-12,18H,1-2,5,7,10,13-14H2,3H3. The molecular weight excluding hydrogens is 248 g/mol. The Morgan fingerprint density at radius 2 is 2.05 bits per heavy atom. The fourth-order valence-corrected chi connectivity index (χ4v) is 2.12. The number of benzene rings is 1. The first-order chi connectivity index (χ1) is 9.63. The van der Waals surface area contributed by atoms with Crippen LogP contribution in [0.1, 0.15) is 38.2 Å². The Morgan fingerprint density at radius 3 is 2.65 bits per heavy atom. The molecule has 108 valence electrons. The molecule has 1 aromatic rings. The van der Waals surface area contributed by atoms with Crippen molar-refractivity contribution < 1.29 is 9.53 Å². The predicted molar refractivity (Wildman–Crippen MR) is 83.5 cm³/mol. The normalized spacial score (nSPS) is 11.7. The molecule has 0 heterocycles. The van der Waals surface area contributed by atoms with E-state index in [1.54, 1.807) is 0 Å². The second-order valence-electron chi connectivity index (χ2n) is 4.96. The van der Waals surface area contributed by atoms with Crippen LogP contribution in [0.3, 0.4) is 0 Å². The van der Waals surface area contributed by atoms with Crippen molar-refractivity contribution in [1.82, 2.24) is 0 Å². The van der Waals surface area contributed by atoms with Gasteiger partial charge in [-0.05, 0) is 43.2 Å². The highest BCUT2D eigenvalue weighted by molar-refractivity contribution is 5.66. The van der Waals surface area contributed by atoms with E-state index in [0.29, 0.717) is 0 Å². The summed E-state index contributed by atoms with van der Waals surface area (Å²) in [6.45, 7) is 9.24. The van der Waals surface area contributed by atoms with Gasteiger partial charge >= 0.3 is 5.97 Å². The molecule has 0 radical (unpaired) electrons. The molecule has 0 amide bonds. The van der Waals surface area contributed by atoms with Gasteiger partial charge in [0.2, 0.25) is 0 Å². The molecule has 1 aromatic carbocycles. The largest absolute Gasteiger partial charge is 0.458 e. The van der Waals surface area contributed by atoms with Crippen LogP contribution in [0.4, 0.5) is 0 Å². The van der Waals surface area contributed by atoms with E-state index in [4.69, 9.17) is 4.74 Å². The van der Waals surface area contributed by atoms with Crippen molar-refractivity contribution in [2.45, 2.75) is 45.1 Å². The van der Waals surface area contributed by atoms with E-state index in [-0.39, 0.29) is 12.1 Å². The average molecular weight is 272 g/mol. The number of unbranched alkanes of at least 4 members (excludes halogenated alkanes) is 1. The first-order valence-corrected chi connectivity index (χ1v) is 7.13. The number of allylic oxidation sites excluding steroid dienone is 1. The molecule has 20 heavy (non-hydrogen) atoms. The van der Waals surface area contributed by atoms with Gasteiger partial charge in [0, 0.05) is 6.92 Å². The molecule has 0 fully saturated rings. The molecule has 0 saturated heterocycles. The summed E-state index contributed by atoms with van der Waals surface area (Å²) in [5.74, 6) is -0.243. The zero-order valence-corrected chi connectivity index (χ0v) is 12.3. The fraction of sp³-hybridized carbons (Fsp3) is 0.389. The minimum atomic E-state index is -0.243. The van der Waals surface area contributed by atoms with Crippen molar-refractivity contribution >= 4 is 5.97 Å². The summed E-state index contributed by atoms with van der Waals surface area (Å²) < 4.78 is 5.40. The predicted octanol–water partition coefficient (Wildman–Crippen LogP) is 4.46. The lowest BCUT2D eigenvalue weighted by Gasteiger charge is -2.19. The molecule has 1 unspecified atom stereocenters. The van der Waals surface area contributed by atoms with Gasteiger partial charge < -0.3 is 4.74 Å². The first kappa shape index (κ1) is 16.2. The molecule has 2 heteroatoms. The third kappa shape index (κ3) is 6.37. The zero-order chi connectivity index (χ0) is 14.8. The van der Waals surface area contributed by atoms with E-state index < -0.39 is 0 Å². The summed E-state index contributed by atoms with van der Waals surface area (Å²) in [6, 6.07) is 10.2. The molecule has 0 aliphatic heterocycles. The van der Waals surface area contributed by atoms with Crippen LogP contribution in [-0.2, 0) is 16.0 Å². The van der Waals surface area contributed by atoms with Gasteiger partial charge in [-0.25, -0.2) is 0 Å². The van der Waals surface area contributed by atoms with Gasteiger partial charge in [-0.3, -0.25) is 4.79 Å². The minimum Gasteiger partial charge on any atom is -0.458 e. The molecule has 2 nitrogen and oxygen atoms in total. The number of carbonyl (C=O) groups is 1. The van der Waals surface area contributed by atoms with E-state index in [9.17, 15) is 4.79 Å². The lowest BCUT2D eigenvalue weighted by atomic mass is 9.98. The Kier molecular flexibility index (Phi) is 7.41. The topological polar surface area (TPSA) is 26.3 Å². The number of hydrogen-bond acceptors (Lipinski definition) is 2. The van der Waals surface area contributed by atoms with Gasteiger partial charge in [-0.1, -0.05) is 43.0 Å². The summed E-state index contributed by atoms with van der Waals surface area (Å²) in [4.78, 5) is 11.2. The number of hydrogen-bond donors (Lipinski definition) is 0. The molecule has 0 bridgehead atoms. The Bertz CT molecular complexity index is 434. The van der Waals surface area contributed by atoms with Gasteiger partial charge in [0.1, 0.15) is 6.10 Å². The van der Waals surface area contributed by atoms with Crippen molar-refractivity contribution in [2.75, 3.05) is 0 Å². The van der Waals surface area contributed by atoms with Gasteiger partial charge in [0.25, 0.3) is 0 Å². The van der Waals surface area contributed by atoms with Crippen LogP contribution in [0.5, 0.6) is 0 Å². The highest BCUT2D eigenvalue weighted by Gasteiger charge is 2.15. The van der Waals surface area contributed by atoms with Gasteiger partial charge in [0.05, 0.1) is 0 Å². The minimum absolute atomic E-state index is 0.183. The van der Waals surface area contributed by atoms with E-state index in [0.717, 1.165) is 37.7 Å². The number of esters is 1. The Morgan fingerprint density at radius 1 is 1.35 bits per heavy atom. The maximum Gasteiger partial charge on any atom is 0.303 e. The summed E-state index contributed by atoms with van der Waals surface area (Å²) in [5.41, 5.74) is 2.25. The van der Waals surface area contributed by atoms with Crippen molar-refractivity contribution in [3.05, 3.63) is 60.7 Å². The lowest BCUT2D eigenvalue weighted by molar-refractivity contribution is -0.144. The Labute approximate surface area is 122 Å². The lowest BCUT2D eigenvalue weighted by Crippen LogP contribution is -2.19. The monoisotopic (exact) mass is 272 g/mol. The van der Waals surface area contributed by atoms with E-state index in [1.165, 1.54) is 12.5 Å². The number of rotatable bonds is 9. The van der Waals surface area contributed by atoms with Crippen molar-refractivity contribution in [3.8, 4) is 0 Å². The quantitative estimate of drug-likeness (QED) is 0.377. The Balaban J connectivity index is 2.52. The van der Waals surface area contributed by atoms with E-state index >= 15 is 0 Å².